The molecule has 0 fully saturated rings. The molecule has 3 aromatic carbocycles. The quantitative estimate of drug-likeness (QED) is 0.159. The van der Waals surface area contributed by atoms with Crippen LogP contribution in [0.2, 0.25) is 0 Å². The molecule has 6 rings (SSSR count). The second kappa shape index (κ2) is 9.09. The Morgan fingerprint density at radius 3 is 1.24 bits per heavy atom. The Bertz CT molecular complexity index is 1690. The van der Waals surface area contributed by atoms with Gasteiger partial charge in [0.1, 0.15) is 22.7 Å². The van der Waals surface area contributed by atoms with Crippen molar-refractivity contribution in [3.8, 4) is 41.8 Å². The van der Waals surface area contributed by atoms with Crippen molar-refractivity contribution in [3.63, 3.8) is 0 Å². The van der Waals surface area contributed by atoms with Gasteiger partial charge in [0.05, 0.1) is 11.7 Å². The minimum atomic E-state index is -1.27. The molecule has 0 aliphatic carbocycles. The monoisotopic (exact) mass is 560 g/mol. The van der Waals surface area contributed by atoms with Gasteiger partial charge in [0, 0.05) is 53.9 Å². The highest BCUT2D eigenvalue weighted by Crippen LogP contribution is 2.43. The number of fused-ring (bicyclic) bond motifs is 1. The molecule has 0 amide bonds. The van der Waals surface area contributed by atoms with Gasteiger partial charge in [-0.25, -0.2) is 26.3 Å². The zero-order chi connectivity index (χ0) is 25.8. The molecule has 2 nitrogen and oxygen atoms in total. The number of nitrogens with zero attached hydrogens (tertiary/aromatic N) is 2. The van der Waals surface area contributed by atoms with Crippen molar-refractivity contribution in [2.75, 3.05) is 0 Å². The maximum absolute atomic E-state index is 14.3. The van der Waals surface area contributed by atoms with Crippen LogP contribution in [0.15, 0.2) is 60.7 Å². The average molecular weight is 561 g/mol. The molecule has 3 aromatic heterocycles. The molecule has 0 aliphatic heterocycles. The van der Waals surface area contributed by atoms with Crippen LogP contribution >= 0.6 is 34.4 Å². The van der Waals surface area contributed by atoms with Crippen molar-refractivity contribution in [1.29, 1.82) is 0 Å². The van der Waals surface area contributed by atoms with Crippen LogP contribution in [0, 0.1) is 34.9 Å². The summed E-state index contributed by atoms with van der Waals surface area (Å²) in [6.45, 7) is 0. The van der Waals surface area contributed by atoms with E-state index in [1.807, 2.05) is 0 Å². The van der Waals surface area contributed by atoms with Gasteiger partial charge in [-0.1, -0.05) is 12.1 Å². The maximum atomic E-state index is 14.3. The predicted molar refractivity (Wildman–Crippen MR) is 135 cm³/mol. The van der Waals surface area contributed by atoms with E-state index in [1.165, 1.54) is 0 Å². The summed E-state index contributed by atoms with van der Waals surface area (Å²) in [7, 11) is 0. The third kappa shape index (κ3) is 4.12. The molecule has 0 aliphatic rings. The largest absolute Gasteiger partial charge is 0.207 e. The Balaban J connectivity index is 1.41. The van der Waals surface area contributed by atoms with Crippen molar-refractivity contribution in [2.24, 2.45) is 0 Å². The van der Waals surface area contributed by atoms with Gasteiger partial charge in [-0.05, 0) is 36.4 Å². The number of halogens is 6. The van der Waals surface area contributed by atoms with Gasteiger partial charge in [-0.3, -0.25) is 0 Å². The normalized spacial score (nSPS) is 11.5. The summed E-state index contributed by atoms with van der Waals surface area (Å²) in [5.41, 5.74) is 2.14. The first kappa shape index (κ1) is 23.8. The smallest absolute Gasteiger partial charge is 0.167 e. The van der Waals surface area contributed by atoms with Crippen LogP contribution in [-0.4, -0.2) is 8.75 Å². The first-order valence-corrected chi connectivity index (χ1v) is 12.9. The van der Waals surface area contributed by atoms with Crippen LogP contribution < -0.4 is 0 Å². The highest BCUT2D eigenvalue weighted by molar-refractivity contribution is 7.19. The van der Waals surface area contributed by atoms with E-state index < -0.39 is 34.9 Å². The van der Waals surface area contributed by atoms with Gasteiger partial charge in [0.15, 0.2) is 23.3 Å². The standard InChI is InChI=1S/C26H10F6N2S3/c27-11-7-15(23(31)17(29)9-11)21-5-3-19(35-21)13-1-2-14(26-25(13)33-37-34-26)20-4-6-22(36-20)16-8-12(28)10-18(30)24(16)32/h1-10H. The van der Waals surface area contributed by atoms with E-state index in [4.69, 9.17) is 0 Å². The fourth-order valence-electron chi connectivity index (χ4n) is 3.99. The molecule has 0 spiro atoms. The lowest BCUT2D eigenvalue weighted by Crippen LogP contribution is -1.90. The summed E-state index contributed by atoms with van der Waals surface area (Å²) in [5.74, 6) is -6.55. The minimum absolute atomic E-state index is 0.176. The van der Waals surface area contributed by atoms with Crippen molar-refractivity contribution < 1.29 is 26.3 Å². The van der Waals surface area contributed by atoms with Gasteiger partial charge in [0.2, 0.25) is 0 Å². The fourth-order valence-corrected chi connectivity index (χ4v) is 6.65. The number of hydrogen-bond donors (Lipinski definition) is 0. The van der Waals surface area contributed by atoms with Crippen LogP contribution in [0.4, 0.5) is 26.3 Å². The second-order valence-corrected chi connectivity index (χ2v) is 10.6. The van der Waals surface area contributed by atoms with E-state index in [1.54, 1.807) is 36.4 Å². The third-order valence-corrected chi connectivity index (χ3v) is 8.51. The van der Waals surface area contributed by atoms with Gasteiger partial charge in [0.25, 0.3) is 0 Å². The molecule has 0 unspecified atom stereocenters. The molecular weight excluding hydrogens is 550 g/mol. The van der Waals surface area contributed by atoms with E-state index in [9.17, 15) is 26.3 Å². The lowest BCUT2D eigenvalue weighted by Gasteiger charge is -2.05. The Morgan fingerprint density at radius 2 is 0.838 bits per heavy atom. The summed E-state index contributed by atoms with van der Waals surface area (Å²) in [6, 6.07) is 13.0. The molecule has 11 heteroatoms. The van der Waals surface area contributed by atoms with Gasteiger partial charge in [-0.2, -0.15) is 8.75 Å². The molecule has 0 bridgehead atoms. The van der Waals surface area contributed by atoms with Crippen LogP contribution in [0.3, 0.4) is 0 Å². The Kier molecular flexibility index (Phi) is 5.85. The topological polar surface area (TPSA) is 25.8 Å². The lowest BCUT2D eigenvalue weighted by atomic mass is 10.1. The first-order valence-electron chi connectivity index (χ1n) is 10.6. The Morgan fingerprint density at radius 1 is 0.459 bits per heavy atom. The van der Waals surface area contributed by atoms with E-state index in [0.717, 1.165) is 46.5 Å². The second-order valence-electron chi connectivity index (χ2n) is 7.95. The molecular formula is C26H10F6N2S3. The Hall–Kier alpha value is -3.54. The summed E-state index contributed by atoms with van der Waals surface area (Å²) in [5, 5.41) is 0. The van der Waals surface area contributed by atoms with Gasteiger partial charge in [-0.15, -0.1) is 22.7 Å². The molecule has 6 aromatic rings. The first-order chi connectivity index (χ1) is 17.8. The molecule has 0 saturated heterocycles. The van der Waals surface area contributed by atoms with Gasteiger partial charge >= 0.3 is 0 Å². The highest BCUT2D eigenvalue weighted by atomic mass is 32.1. The van der Waals surface area contributed by atoms with Crippen LogP contribution in [-0.2, 0) is 0 Å². The molecule has 0 N–H and O–H groups in total. The predicted octanol–water partition coefficient (Wildman–Crippen LogP) is 9.32. The van der Waals surface area contributed by atoms with Crippen LogP contribution in [0.1, 0.15) is 0 Å². The SMILES string of the molecule is Fc1cc(F)c(F)c(-c2ccc(-c3ccc(-c4ccc(-c5cc(F)cc(F)c5F)s4)c4nsnc34)s2)c1. The van der Waals surface area contributed by atoms with E-state index in [-0.39, 0.29) is 11.1 Å². The summed E-state index contributed by atoms with van der Waals surface area (Å²) >= 11 is 3.28. The van der Waals surface area contributed by atoms with Crippen molar-refractivity contribution in [2.45, 2.75) is 0 Å². The van der Waals surface area contributed by atoms with Crippen molar-refractivity contribution in [1.82, 2.24) is 8.75 Å². The van der Waals surface area contributed by atoms with Crippen molar-refractivity contribution in [3.05, 3.63) is 95.6 Å². The number of thiophene rings is 2. The third-order valence-electron chi connectivity index (χ3n) is 5.68. The summed E-state index contributed by atoms with van der Waals surface area (Å²) < 4.78 is 92.2. The Labute approximate surface area is 217 Å². The van der Waals surface area contributed by atoms with E-state index >= 15 is 0 Å². The maximum Gasteiger partial charge on any atom is 0.167 e. The molecule has 37 heavy (non-hydrogen) atoms. The molecule has 0 saturated carbocycles. The van der Waals surface area contributed by atoms with E-state index in [2.05, 4.69) is 8.75 Å². The van der Waals surface area contributed by atoms with Crippen LogP contribution in [0.5, 0.6) is 0 Å². The molecule has 0 radical (unpaired) electrons. The number of rotatable bonds is 4. The zero-order valence-electron chi connectivity index (χ0n) is 18.2. The minimum Gasteiger partial charge on any atom is -0.207 e. The van der Waals surface area contributed by atoms with Gasteiger partial charge < -0.3 is 0 Å². The highest BCUT2D eigenvalue weighted by Gasteiger charge is 2.20. The average Bonchev–Trinajstić information content (AvgIpc) is 3.63. The zero-order valence-corrected chi connectivity index (χ0v) is 20.6. The number of aromatic nitrogens is 2. The molecule has 184 valence electrons. The van der Waals surface area contributed by atoms with Crippen LogP contribution in [0.25, 0.3) is 52.8 Å². The molecule has 3 heterocycles. The fraction of sp³-hybridized carbons (Fsp3) is 0. The number of benzene rings is 3. The molecule has 0 atom stereocenters. The number of hydrogen-bond acceptors (Lipinski definition) is 5. The van der Waals surface area contributed by atoms with Crippen molar-refractivity contribution >= 4 is 45.4 Å². The lowest BCUT2D eigenvalue weighted by molar-refractivity contribution is 0.498. The summed E-state index contributed by atoms with van der Waals surface area (Å²) in [4.78, 5) is 2.07. The van der Waals surface area contributed by atoms with E-state index in [0.29, 0.717) is 53.8 Å². The summed E-state index contributed by atoms with van der Waals surface area (Å²) in [6.07, 6.45) is 0.